The van der Waals surface area contributed by atoms with Gasteiger partial charge in [0.15, 0.2) is 5.65 Å². The maximum atomic E-state index is 12.1. The van der Waals surface area contributed by atoms with Crippen LogP contribution in [0.15, 0.2) is 24.5 Å². The molecule has 0 radical (unpaired) electrons. The fourth-order valence-electron chi connectivity index (χ4n) is 1.77. The molecule has 0 aliphatic carbocycles. The molecule has 2 heterocycles. The standard InChI is InChI=1S/C13H14N4O3/c1-13(2,7-10(18)19)17-12(20)9-4-3-8-11(16-9)15-6-5-14-8/h3-6H,7H2,1-2H3,(H,17,20)(H,18,19). The van der Waals surface area contributed by atoms with Crippen LogP contribution in [0.5, 0.6) is 0 Å². The molecule has 0 saturated carbocycles. The molecule has 0 bridgehead atoms. The van der Waals surface area contributed by atoms with Gasteiger partial charge < -0.3 is 10.4 Å². The van der Waals surface area contributed by atoms with E-state index in [1.807, 2.05) is 0 Å². The summed E-state index contributed by atoms with van der Waals surface area (Å²) in [4.78, 5) is 35.0. The number of carbonyl (C=O) groups is 2. The van der Waals surface area contributed by atoms with Crippen molar-refractivity contribution < 1.29 is 14.7 Å². The Labute approximate surface area is 115 Å². The number of aromatic nitrogens is 3. The lowest BCUT2D eigenvalue weighted by atomic mass is 10.0. The van der Waals surface area contributed by atoms with E-state index in [4.69, 9.17) is 5.11 Å². The number of nitrogens with one attached hydrogen (secondary N) is 1. The monoisotopic (exact) mass is 274 g/mol. The number of amides is 1. The molecular formula is C13H14N4O3. The van der Waals surface area contributed by atoms with Crippen LogP contribution in [0, 0.1) is 0 Å². The van der Waals surface area contributed by atoms with Crippen LogP contribution >= 0.6 is 0 Å². The van der Waals surface area contributed by atoms with Crippen molar-refractivity contribution in [2.45, 2.75) is 25.8 Å². The number of fused-ring (bicyclic) bond motifs is 1. The van der Waals surface area contributed by atoms with Crippen LogP contribution in [0.1, 0.15) is 30.8 Å². The number of pyridine rings is 1. The van der Waals surface area contributed by atoms with Crippen LogP contribution in [0.25, 0.3) is 11.2 Å². The molecule has 2 aromatic heterocycles. The fourth-order valence-corrected chi connectivity index (χ4v) is 1.77. The predicted molar refractivity (Wildman–Crippen MR) is 71.1 cm³/mol. The van der Waals surface area contributed by atoms with Crippen molar-refractivity contribution in [3.8, 4) is 0 Å². The minimum absolute atomic E-state index is 0.174. The van der Waals surface area contributed by atoms with Crippen LogP contribution < -0.4 is 5.32 Å². The number of rotatable bonds is 4. The van der Waals surface area contributed by atoms with Gasteiger partial charge in [-0.2, -0.15) is 0 Å². The van der Waals surface area contributed by atoms with E-state index in [0.717, 1.165) is 0 Å². The van der Waals surface area contributed by atoms with E-state index in [1.165, 1.54) is 12.3 Å². The molecule has 0 unspecified atom stereocenters. The van der Waals surface area contributed by atoms with Crippen molar-refractivity contribution in [3.63, 3.8) is 0 Å². The molecule has 104 valence electrons. The van der Waals surface area contributed by atoms with Gasteiger partial charge in [0, 0.05) is 17.9 Å². The molecule has 0 aliphatic heterocycles. The summed E-state index contributed by atoms with van der Waals surface area (Å²) in [6.07, 6.45) is 2.86. The van der Waals surface area contributed by atoms with Crippen molar-refractivity contribution in [3.05, 3.63) is 30.2 Å². The first-order valence-corrected chi connectivity index (χ1v) is 5.99. The number of hydrogen-bond acceptors (Lipinski definition) is 5. The van der Waals surface area contributed by atoms with E-state index in [-0.39, 0.29) is 12.1 Å². The molecule has 0 atom stereocenters. The van der Waals surface area contributed by atoms with Gasteiger partial charge in [-0.1, -0.05) is 0 Å². The molecule has 1 amide bonds. The zero-order chi connectivity index (χ0) is 14.8. The van der Waals surface area contributed by atoms with Gasteiger partial charge in [-0.3, -0.25) is 14.6 Å². The Balaban J connectivity index is 2.21. The Bertz CT molecular complexity index is 669. The summed E-state index contributed by atoms with van der Waals surface area (Å²) < 4.78 is 0. The summed E-state index contributed by atoms with van der Waals surface area (Å²) in [5.41, 5.74) is 0.281. The van der Waals surface area contributed by atoms with Gasteiger partial charge in [0.05, 0.1) is 6.42 Å². The summed E-state index contributed by atoms with van der Waals surface area (Å²) in [5, 5.41) is 11.4. The number of carbonyl (C=O) groups excluding carboxylic acids is 1. The van der Waals surface area contributed by atoms with E-state index < -0.39 is 17.4 Å². The molecule has 7 heteroatoms. The van der Waals surface area contributed by atoms with E-state index in [1.54, 1.807) is 26.1 Å². The molecule has 7 nitrogen and oxygen atoms in total. The Morgan fingerprint density at radius 1 is 1.25 bits per heavy atom. The smallest absolute Gasteiger partial charge is 0.305 e. The molecule has 0 fully saturated rings. The number of hydrogen-bond donors (Lipinski definition) is 2. The highest BCUT2D eigenvalue weighted by molar-refractivity contribution is 5.94. The maximum absolute atomic E-state index is 12.1. The SMILES string of the molecule is CC(C)(CC(=O)O)NC(=O)c1ccc2nccnc2n1. The molecular weight excluding hydrogens is 260 g/mol. The molecule has 20 heavy (non-hydrogen) atoms. The summed E-state index contributed by atoms with van der Waals surface area (Å²) in [7, 11) is 0. The van der Waals surface area contributed by atoms with Gasteiger partial charge >= 0.3 is 5.97 Å². The highest BCUT2D eigenvalue weighted by atomic mass is 16.4. The third-order valence-corrected chi connectivity index (χ3v) is 2.61. The first kappa shape index (κ1) is 13.9. The average Bonchev–Trinajstić information content (AvgIpc) is 2.36. The van der Waals surface area contributed by atoms with Crippen molar-refractivity contribution in [1.29, 1.82) is 0 Å². The van der Waals surface area contributed by atoms with Crippen LogP contribution in [-0.4, -0.2) is 37.5 Å². The van der Waals surface area contributed by atoms with Crippen LogP contribution in [-0.2, 0) is 4.79 Å². The molecule has 0 spiro atoms. The molecule has 2 rings (SSSR count). The first-order valence-electron chi connectivity index (χ1n) is 5.99. The molecule has 0 aliphatic rings. The number of carboxylic acid groups (broad SMARTS) is 1. The summed E-state index contributed by atoms with van der Waals surface area (Å²) >= 11 is 0. The highest BCUT2D eigenvalue weighted by Crippen LogP contribution is 2.11. The highest BCUT2D eigenvalue weighted by Gasteiger charge is 2.25. The second kappa shape index (κ2) is 5.20. The van der Waals surface area contributed by atoms with Crippen molar-refractivity contribution in [2.75, 3.05) is 0 Å². The number of carboxylic acids is 1. The van der Waals surface area contributed by atoms with Gasteiger partial charge in [-0.15, -0.1) is 0 Å². The summed E-state index contributed by atoms with van der Waals surface area (Å²) in [5.74, 6) is -1.42. The minimum Gasteiger partial charge on any atom is -0.481 e. The van der Waals surface area contributed by atoms with Gasteiger partial charge in [0.25, 0.3) is 5.91 Å². The van der Waals surface area contributed by atoms with E-state index in [0.29, 0.717) is 11.2 Å². The zero-order valence-corrected chi connectivity index (χ0v) is 11.1. The van der Waals surface area contributed by atoms with Crippen molar-refractivity contribution in [1.82, 2.24) is 20.3 Å². The third kappa shape index (κ3) is 3.25. The predicted octanol–water partition coefficient (Wildman–Crippen LogP) is 1.01. The van der Waals surface area contributed by atoms with E-state index in [9.17, 15) is 9.59 Å². The Morgan fingerprint density at radius 3 is 2.65 bits per heavy atom. The first-order chi connectivity index (χ1) is 9.37. The fraction of sp³-hybridized carbons (Fsp3) is 0.308. The molecule has 2 aromatic rings. The lowest BCUT2D eigenvalue weighted by molar-refractivity contribution is -0.138. The Hall–Kier alpha value is -2.57. The Kier molecular flexibility index (Phi) is 3.60. The van der Waals surface area contributed by atoms with Gasteiger partial charge in [0.2, 0.25) is 0 Å². The second-order valence-electron chi connectivity index (χ2n) is 5.00. The summed E-state index contributed by atoms with van der Waals surface area (Å²) in [6.45, 7) is 3.28. The minimum atomic E-state index is -0.979. The lowest BCUT2D eigenvalue weighted by Gasteiger charge is -2.23. The van der Waals surface area contributed by atoms with Crippen LogP contribution in [0.2, 0.25) is 0 Å². The number of aliphatic carboxylic acids is 1. The average molecular weight is 274 g/mol. The second-order valence-corrected chi connectivity index (χ2v) is 5.00. The topological polar surface area (TPSA) is 105 Å². The lowest BCUT2D eigenvalue weighted by Crippen LogP contribution is -2.45. The van der Waals surface area contributed by atoms with Gasteiger partial charge in [-0.25, -0.2) is 9.97 Å². The molecule has 0 saturated heterocycles. The summed E-state index contributed by atoms with van der Waals surface area (Å²) in [6, 6.07) is 3.18. The van der Waals surface area contributed by atoms with E-state index in [2.05, 4.69) is 20.3 Å². The quantitative estimate of drug-likeness (QED) is 0.862. The molecule has 0 aromatic carbocycles. The van der Waals surface area contributed by atoms with Gasteiger partial charge in [0.1, 0.15) is 11.2 Å². The van der Waals surface area contributed by atoms with Crippen LogP contribution in [0.4, 0.5) is 0 Å². The Morgan fingerprint density at radius 2 is 1.95 bits per heavy atom. The van der Waals surface area contributed by atoms with Crippen molar-refractivity contribution >= 4 is 23.0 Å². The van der Waals surface area contributed by atoms with Crippen molar-refractivity contribution in [2.24, 2.45) is 0 Å². The number of nitrogens with zero attached hydrogens (tertiary/aromatic N) is 3. The van der Waals surface area contributed by atoms with E-state index >= 15 is 0 Å². The maximum Gasteiger partial charge on any atom is 0.305 e. The van der Waals surface area contributed by atoms with Gasteiger partial charge in [-0.05, 0) is 26.0 Å². The normalized spacial score (nSPS) is 11.3. The third-order valence-electron chi connectivity index (χ3n) is 2.61. The molecule has 2 N–H and O–H groups in total. The zero-order valence-electron chi connectivity index (χ0n) is 11.1. The van der Waals surface area contributed by atoms with Crippen LogP contribution in [0.3, 0.4) is 0 Å². The largest absolute Gasteiger partial charge is 0.481 e.